The summed E-state index contributed by atoms with van der Waals surface area (Å²) in [4.78, 5) is 0.702. The van der Waals surface area contributed by atoms with E-state index in [1.54, 1.807) is 6.92 Å². The Hall–Kier alpha value is -1.74. The third-order valence-corrected chi connectivity index (χ3v) is 11.7. The van der Waals surface area contributed by atoms with Gasteiger partial charge >= 0.3 is 0 Å². The van der Waals surface area contributed by atoms with Crippen LogP contribution in [0, 0.1) is 55.4 Å². The molecule has 0 N–H and O–H groups in total. The molecular weight excluding hydrogens is 456 g/mol. The van der Waals surface area contributed by atoms with Crippen molar-refractivity contribution < 1.29 is 16.8 Å². The highest BCUT2D eigenvalue weighted by Gasteiger charge is 2.40. The normalized spacial score (nSPS) is 18.6. The van der Waals surface area contributed by atoms with Gasteiger partial charge in [-0.25, -0.2) is 16.8 Å². The standard InChI is InChI=1S/C25H36N2O4S2/c1-15-12-16(2)21(7)24(20(15)6)32(28,29)26-10-11-27(19(5)14-26)33(30,31)25-22(8)17(3)13-18(4)23(25)9/h12-13,19H,10-11,14H2,1-9H3/t19-/m0/s1. The van der Waals surface area contributed by atoms with Gasteiger partial charge in [0.05, 0.1) is 9.79 Å². The molecule has 0 radical (unpaired) electrons. The Bertz CT molecular complexity index is 1280. The minimum Gasteiger partial charge on any atom is -0.207 e. The van der Waals surface area contributed by atoms with Gasteiger partial charge in [0.25, 0.3) is 0 Å². The molecule has 6 nitrogen and oxygen atoms in total. The average molecular weight is 493 g/mol. The smallest absolute Gasteiger partial charge is 0.207 e. The molecule has 2 aromatic carbocycles. The first-order valence-corrected chi connectivity index (χ1v) is 14.2. The maximum Gasteiger partial charge on any atom is 0.243 e. The van der Waals surface area contributed by atoms with Crippen LogP contribution in [0.25, 0.3) is 0 Å². The summed E-state index contributed by atoms with van der Waals surface area (Å²) in [5.41, 5.74) is 6.75. The quantitative estimate of drug-likeness (QED) is 0.640. The van der Waals surface area contributed by atoms with Crippen LogP contribution in [0.3, 0.4) is 0 Å². The van der Waals surface area contributed by atoms with Gasteiger partial charge < -0.3 is 0 Å². The van der Waals surface area contributed by atoms with Crippen LogP contribution in [-0.2, 0) is 20.0 Å². The second-order valence-electron chi connectivity index (χ2n) is 9.51. The Morgan fingerprint density at radius 1 is 0.636 bits per heavy atom. The Kier molecular flexibility index (Phi) is 6.90. The second-order valence-corrected chi connectivity index (χ2v) is 13.2. The maximum atomic E-state index is 13.7. The maximum absolute atomic E-state index is 13.7. The fourth-order valence-corrected chi connectivity index (χ4v) is 9.15. The number of benzene rings is 2. The summed E-state index contributed by atoms with van der Waals surface area (Å²) in [6.07, 6.45) is 0. The summed E-state index contributed by atoms with van der Waals surface area (Å²) < 4.78 is 57.7. The zero-order valence-electron chi connectivity index (χ0n) is 21.2. The molecule has 0 bridgehead atoms. The molecule has 1 fully saturated rings. The van der Waals surface area contributed by atoms with E-state index in [-0.39, 0.29) is 19.6 Å². The van der Waals surface area contributed by atoms with Gasteiger partial charge in [-0.05, 0) is 107 Å². The number of rotatable bonds is 4. The van der Waals surface area contributed by atoms with Crippen LogP contribution in [0.15, 0.2) is 21.9 Å². The molecule has 0 spiro atoms. The molecule has 0 aliphatic carbocycles. The van der Waals surface area contributed by atoms with E-state index in [1.165, 1.54) is 8.61 Å². The van der Waals surface area contributed by atoms with Crippen molar-refractivity contribution in [2.24, 2.45) is 0 Å². The Labute approximate surface area is 199 Å². The molecule has 3 rings (SSSR count). The van der Waals surface area contributed by atoms with E-state index in [4.69, 9.17) is 0 Å². The van der Waals surface area contributed by atoms with Crippen molar-refractivity contribution in [2.45, 2.75) is 78.1 Å². The molecule has 1 aliphatic heterocycles. The van der Waals surface area contributed by atoms with Gasteiger partial charge in [0.15, 0.2) is 0 Å². The number of piperazine rings is 1. The molecule has 8 heteroatoms. The first-order chi connectivity index (χ1) is 15.1. The third kappa shape index (κ3) is 4.27. The largest absolute Gasteiger partial charge is 0.243 e. The van der Waals surface area contributed by atoms with Crippen LogP contribution < -0.4 is 0 Å². The van der Waals surface area contributed by atoms with E-state index in [1.807, 2.05) is 67.5 Å². The van der Waals surface area contributed by atoms with Crippen LogP contribution in [-0.4, -0.2) is 51.1 Å². The molecule has 33 heavy (non-hydrogen) atoms. The Morgan fingerprint density at radius 3 is 1.36 bits per heavy atom. The molecule has 0 aromatic heterocycles. The summed E-state index contributed by atoms with van der Waals surface area (Å²) in [6.45, 7) is 17.2. The van der Waals surface area contributed by atoms with Crippen LogP contribution in [0.2, 0.25) is 0 Å². The van der Waals surface area contributed by atoms with Crippen molar-refractivity contribution in [3.8, 4) is 0 Å². The molecule has 1 heterocycles. The second kappa shape index (κ2) is 8.80. The van der Waals surface area contributed by atoms with Gasteiger partial charge in [0.1, 0.15) is 0 Å². The van der Waals surface area contributed by atoms with Crippen LogP contribution in [0.4, 0.5) is 0 Å². The number of hydrogen-bond acceptors (Lipinski definition) is 4. The highest BCUT2D eigenvalue weighted by molar-refractivity contribution is 7.89. The lowest BCUT2D eigenvalue weighted by Crippen LogP contribution is -2.55. The third-order valence-electron chi connectivity index (χ3n) is 7.29. The summed E-state index contributed by atoms with van der Waals surface area (Å²) in [6, 6.07) is 3.53. The average Bonchev–Trinajstić information content (AvgIpc) is 2.70. The fraction of sp³-hybridized carbons (Fsp3) is 0.520. The summed E-state index contributed by atoms with van der Waals surface area (Å²) in [5.74, 6) is 0. The van der Waals surface area contributed by atoms with Gasteiger partial charge in [-0.2, -0.15) is 8.61 Å². The van der Waals surface area contributed by atoms with Crippen molar-refractivity contribution in [3.05, 3.63) is 56.6 Å². The summed E-state index contributed by atoms with van der Waals surface area (Å²) >= 11 is 0. The summed E-state index contributed by atoms with van der Waals surface area (Å²) in [5, 5.41) is 0. The van der Waals surface area contributed by atoms with E-state index in [0.717, 1.165) is 44.5 Å². The number of nitrogens with zero attached hydrogens (tertiary/aromatic N) is 2. The molecule has 182 valence electrons. The lowest BCUT2D eigenvalue weighted by Gasteiger charge is -2.39. The SMILES string of the molecule is Cc1cc(C)c(C)c(S(=O)(=O)N2CCN(S(=O)(=O)c3c(C)c(C)cc(C)c3C)[C@@H](C)C2)c1C. The first kappa shape index (κ1) is 25.9. The van der Waals surface area contributed by atoms with Crippen molar-refractivity contribution in [2.75, 3.05) is 19.6 Å². The number of aryl methyl sites for hydroxylation is 4. The molecule has 0 saturated carbocycles. The fourth-order valence-electron chi connectivity index (χ4n) is 4.86. The van der Waals surface area contributed by atoms with Gasteiger partial charge in [0.2, 0.25) is 20.0 Å². The zero-order chi connectivity index (χ0) is 25.0. The van der Waals surface area contributed by atoms with Crippen LogP contribution in [0.1, 0.15) is 51.4 Å². The van der Waals surface area contributed by atoms with E-state index in [0.29, 0.717) is 9.79 Å². The van der Waals surface area contributed by atoms with E-state index in [9.17, 15) is 16.8 Å². The topological polar surface area (TPSA) is 74.8 Å². The predicted molar refractivity (Wildman–Crippen MR) is 133 cm³/mol. The van der Waals surface area contributed by atoms with Gasteiger partial charge in [-0.3, -0.25) is 0 Å². The van der Waals surface area contributed by atoms with E-state index >= 15 is 0 Å². The molecule has 2 aromatic rings. The van der Waals surface area contributed by atoms with Crippen molar-refractivity contribution in [1.29, 1.82) is 0 Å². The number of sulfonamides is 2. The highest BCUT2D eigenvalue weighted by atomic mass is 32.2. The monoisotopic (exact) mass is 492 g/mol. The number of hydrogen-bond donors (Lipinski definition) is 0. The van der Waals surface area contributed by atoms with Crippen molar-refractivity contribution in [3.63, 3.8) is 0 Å². The summed E-state index contributed by atoms with van der Waals surface area (Å²) in [7, 11) is -7.52. The van der Waals surface area contributed by atoms with E-state index < -0.39 is 26.1 Å². The van der Waals surface area contributed by atoms with Gasteiger partial charge in [-0.1, -0.05) is 12.1 Å². The minimum absolute atomic E-state index is 0.121. The van der Waals surface area contributed by atoms with E-state index in [2.05, 4.69) is 0 Å². The lowest BCUT2D eigenvalue weighted by atomic mass is 10.0. The first-order valence-electron chi connectivity index (χ1n) is 11.3. The van der Waals surface area contributed by atoms with Crippen molar-refractivity contribution in [1.82, 2.24) is 8.61 Å². The van der Waals surface area contributed by atoms with Crippen LogP contribution >= 0.6 is 0 Å². The van der Waals surface area contributed by atoms with Gasteiger partial charge in [0, 0.05) is 25.7 Å². The molecule has 0 unspecified atom stereocenters. The van der Waals surface area contributed by atoms with Crippen molar-refractivity contribution >= 4 is 20.0 Å². The van der Waals surface area contributed by atoms with Gasteiger partial charge in [-0.15, -0.1) is 0 Å². The minimum atomic E-state index is -3.77. The molecule has 1 aliphatic rings. The Balaban J connectivity index is 1.99. The highest BCUT2D eigenvalue weighted by Crippen LogP contribution is 2.33. The molecule has 1 atom stereocenters. The molecule has 1 saturated heterocycles. The molecule has 0 amide bonds. The van der Waals surface area contributed by atoms with Crippen LogP contribution in [0.5, 0.6) is 0 Å². The zero-order valence-corrected chi connectivity index (χ0v) is 22.8. The molecular formula is C25H36N2O4S2. The predicted octanol–water partition coefficient (Wildman–Crippen LogP) is 4.24. The Morgan fingerprint density at radius 2 is 1.00 bits per heavy atom. The lowest BCUT2D eigenvalue weighted by molar-refractivity contribution is 0.212.